The van der Waals surface area contributed by atoms with Gasteiger partial charge in [0.25, 0.3) is 0 Å². The van der Waals surface area contributed by atoms with Crippen molar-refractivity contribution < 1.29 is 0 Å². The molecule has 0 amide bonds. The third-order valence-corrected chi connectivity index (χ3v) is 3.82. The summed E-state index contributed by atoms with van der Waals surface area (Å²) in [5.41, 5.74) is 6.18. The summed E-state index contributed by atoms with van der Waals surface area (Å²) >= 11 is 0. The molecule has 0 aromatic heterocycles. The summed E-state index contributed by atoms with van der Waals surface area (Å²) in [6, 6.07) is 1.55. The van der Waals surface area contributed by atoms with Crippen LogP contribution in [0.15, 0.2) is 0 Å². The van der Waals surface area contributed by atoms with Crippen LogP contribution in [0.5, 0.6) is 0 Å². The summed E-state index contributed by atoms with van der Waals surface area (Å²) < 4.78 is 0. The van der Waals surface area contributed by atoms with Crippen molar-refractivity contribution in [2.75, 3.05) is 33.2 Å². The maximum Gasteiger partial charge on any atom is 0.0238 e. The number of nitrogens with two attached hydrogens (primary N) is 1. The van der Waals surface area contributed by atoms with Gasteiger partial charge in [-0.05, 0) is 38.3 Å². The van der Waals surface area contributed by atoms with E-state index in [1.54, 1.807) is 0 Å². The number of nitrogens with zero attached hydrogens (tertiary/aromatic N) is 2. The molecule has 1 aliphatic carbocycles. The Bertz CT molecular complexity index is 235. The highest BCUT2D eigenvalue weighted by Crippen LogP contribution is 2.34. The van der Waals surface area contributed by atoms with E-state index in [-0.39, 0.29) is 0 Å². The minimum Gasteiger partial charge on any atom is -0.330 e. The quantitative estimate of drug-likeness (QED) is 0.782. The van der Waals surface area contributed by atoms with Crippen molar-refractivity contribution in [3.05, 3.63) is 0 Å². The molecule has 2 fully saturated rings. The molecule has 3 nitrogen and oxygen atoms in total. The molecule has 2 N–H and O–H groups in total. The Morgan fingerprint density at radius 2 is 1.94 bits per heavy atom. The van der Waals surface area contributed by atoms with E-state index in [4.69, 9.17) is 5.73 Å². The van der Waals surface area contributed by atoms with Gasteiger partial charge in [-0.15, -0.1) is 0 Å². The summed E-state index contributed by atoms with van der Waals surface area (Å²) in [5, 5.41) is 0. The van der Waals surface area contributed by atoms with Gasteiger partial charge in [0.15, 0.2) is 0 Å². The summed E-state index contributed by atoms with van der Waals surface area (Å²) in [6.07, 6.45) is 3.96. The van der Waals surface area contributed by atoms with Crippen molar-refractivity contribution in [1.29, 1.82) is 0 Å². The van der Waals surface area contributed by atoms with Gasteiger partial charge in [0.05, 0.1) is 0 Å². The molecular formula is C13H27N3. The molecule has 1 saturated carbocycles. The van der Waals surface area contributed by atoms with Gasteiger partial charge in [-0.2, -0.15) is 0 Å². The Labute approximate surface area is 100.0 Å². The second-order valence-electron chi connectivity index (χ2n) is 6.50. The zero-order valence-electron chi connectivity index (χ0n) is 11.1. The molecule has 16 heavy (non-hydrogen) atoms. The molecule has 2 rings (SSSR count). The first-order chi connectivity index (χ1) is 7.52. The van der Waals surface area contributed by atoms with Gasteiger partial charge < -0.3 is 10.6 Å². The highest BCUT2D eigenvalue weighted by molar-refractivity contribution is 4.95. The van der Waals surface area contributed by atoms with Crippen molar-refractivity contribution >= 4 is 0 Å². The van der Waals surface area contributed by atoms with E-state index in [0.717, 1.165) is 19.0 Å². The summed E-state index contributed by atoms with van der Waals surface area (Å²) in [4.78, 5) is 5.24. The maximum absolute atomic E-state index is 5.76. The molecule has 0 bridgehead atoms. The highest BCUT2D eigenvalue weighted by atomic mass is 15.3. The molecule has 0 aromatic carbocycles. The molecule has 1 atom stereocenters. The third kappa shape index (κ3) is 2.96. The van der Waals surface area contributed by atoms with E-state index in [1.165, 1.54) is 32.5 Å². The van der Waals surface area contributed by atoms with Crippen LogP contribution in [-0.2, 0) is 0 Å². The van der Waals surface area contributed by atoms with Crippen LogP contribution in [0.25, 0.3) is 0 Å². The van der Waals surface area contributed by atoms with Gasteiger partial charge in [-0.3, -0.25) is 4.90 Å². The van der Waals surface area contributed by atoms with Crippen LogP contribution in [0.3, 0.4) is 0 Å². The van der Waals surface area contributed by atoms with Crippen molar-refractivity contribution in [2.45, 2.75) is 45.2 Å². The Kier molecular flexibility index (Phi) is 3.57. The Morgan fingerprint density at radius 3 is 2.50 bits per heavy atom. The molecule has 1 unspecified atom stereocenters. The van der Waals surface area contributed by atoms with E-state index in [0.29, 0.717) is 11.5 Å². The molecule has 0 spiro atoms. The predicted molar refractivity (Wildman–Crippen MR) is 68.5 cm³/mol. The lowest BCUT2D eigenvalue weighted by Crippen LogP contribution is -2.44. The fourth-order valence-electron chi connectivity index (χ4n) is 3.22. The second kappa shape index (κ2) is 4.63. The first-order valence-electron chi connectivity index (χ1n) is 6.66. The smallest absolute Gasteiger partial charge is 0.0238 e. The number of hydrogen-bond donors (Lipinski definition) is 1. The molecular weight excluding hydrogens is 198 g/mol. The van der Waals surface area contributed by atoms with Gasteiger partial charge in [-0.25, -0.2) is 0 Å². The zero-order valence-corrected chi connectivity index (χ0v) is 11.1. The molecule has 94 valence electrons. The van der Waals surface area contributed by atoms with Crippen molar-refractivity contribution in [3.63, 3.8) is 0 Å². The molecule has 0 aromatic rings. The lowest BCUT2D eigenvalue weighted by molar-refractivity contribution is 0.143. The largest absolute Gasteiger partial charge is 0.330 e. The summed E-state index contributed by atoms with van der Waals surface area (Å²) in [6.45, 7) is 9.25. The minimum atomic E-state index is 0.417. The topological polar surface area (TPSA) is 32.5 Å². The lowest BCUT2D eigenvalue weighted by atomic mass is 9.92. The Hall–Kier alpha value is -0.120. The van der Waals surface area contributed by atoms with Gasteiger partial charge in [0.1, 0.15) is 0 Å². The summed E-state index contributed by atoms with van der Waals surface area (Å²) in [7, 11) is 2.25. The molecule has 1 heterocycles. The molecule has 1 saturated heterocycles. The maximum atomic E-state index is 5.76. The monoisotopic (exact) mass is 225 g/mol. The van der Waals surface area contributed by atoms with E-state index in [2.05, 4.69) is 30.7 Å². The predicted octanol–water partition coefficient (Wildman–Crippen LogP) is 1.14. The number of hydrogen-bond acceptors (Lipinski definition) is 3. The van der Waals surface area contributed by atoms with Crippen LogP contribution in [0.4, 0.5) is 0 Å². The Morgan fingerprint density at radius 1 is 1.25 bits per heavy atom. The normalized spacial score (nSPS) is 32.6. The van der Waals surface area contributed by atoms with Gasteiger partial charge >= 0.3 is 0 Å². The van der Waals surface area contributed by atoms with E-state index in [9.17, 15) is 0 Å². The fraction of sp³-hybridized carbons (Fsp3) is 1.00. The second-order valence-corrected chi connectivity index (χ2v) is 6.50. The van der Waals surface area contributed by atoms with Crippen molar-refractivity contribution in [1.82, 2.24) is 9.80 Å². The van der Waals surface area contributed by atoms with Crippen LogP contribution < -0.4 is 5.73 Å². The van der Waals surface area contributed by atoms with Crippen molar-refractivity contribution in [3.8, 4) is 0 Å². The standard InChI is InChI=1S/C13H27N3/c1-13(2)9-15(3)8-12(6-7-14)16(10-13)11-4-5-11/h11-12H,4-10,14H2,1-3H3. The average Bonchev–Trinajstić information content (AvgIpc) is 2.94. The van der Waals surface area contributed by atoms with E-state index >= 15 is 0 Å². The fourth-order valence-corrected chi connectivity index (χ4v) is 3.22. The first kappa shape index (κ1) is 12.3. The van der Waals surface area contributed by atoms with Crippen LogP contribution in [0, 0.1) is 5.41 Å². The van der Waals surface area contributed by atoms with Crippen LogP contribution in [0.2, 0.25) is 0 Å². The number of likely N-dealkylation sites (N-methyl/N-ethyl adjacent to an activating group) is 1. The first-order valence-corrected chi connectivity index (χ1v) is 6.66. The SMILES string of the molecule is CN1CC(CCN)N(C2CC2)CC(C)(C)C1. The lowest BCUT2D eigenvalue weighted by Gasteiger charge is -2.33. The van der Waals surface area contributed by atoms with E-state index in [1.807, 2.05) is 0 Å². The molecule has 2 aliphatic rings. The van der Waals surface area contributed by atoms with Gasteiger partial charge in [0.2, 0.25) is 0 Å². The Balaban J connectivity index is 2.09. The van der Waals surface area contributed by atoms with Crippen LogP contribution in [0.1, 0.15) is 33.1 Å². The minimum absolute atomic E-state index is 0.417. The van der Waals surface area contributed by atoms with Crippen molar-refractivity contribution in [2.24, 2.45) is 11.1 Å². The van der Waals surface area contributed by atoms with E-state index < -0.39 is 0 Å². The van der Waals surface area contributed by atoms with Crippen LogP contribution in [-0.4, -0.2) is 55.1 Å². The van der Waals surface area contributed by atoms with Gasteiger partial charge in [0, 0.05) is 31.7 Å². The molecule has 1 aliphatic heterocycles. The summed E-state index contributed by atoms with van der Waals surface area (Å²) in [5.74, 6) is 0. The van der Waals surface area contributed by atoms with Crippen LogP contribution >= 0.6 is 0 Å². The molecule has 3 heteroatoms. The zero-order chi connectivity index (χ0) is 11.8. The highest BCUT2D eigenvalue weighted by Gasteiger charge is 2.39. The number of rotatable bonds is 3. The third-order valence-electron chi connectivity index (χ3n) is 3.82. The van der Waals surface area contributed by atoms with Gasteiger partial charge in [-0.1, -0.05) is 13.8 Å². The molecule has 0 radical (unpaired) electrons. The average molecular weight is 225 g/mol.